The molecule has 3 aliphatic heterocycles. The van der Waals surface area contributed by atoms with E-state index in [-0.39, 0.29) is 6.71 Å². The lowest BCUT2D eigenvalue weighted by molar-refractivity contribution is 0.419. The molecule has 0 bridgehead atoms. The van der Waals surface area contributed by atoms with Gasteiger partial charge in [-0.2, -0.15) is 0 Å². The molecule has 10 rings (SSSR count). The highest BCUT2D eigenvalue weighted by molar-refractivity contribution is 7.29. The summed E-state index contributed by atoms with van der Waals surface area (Å²) >= 11 is 3.90. The van der Waals surface area contributed by atoms with E-state index in [9.17, 15) is 0 Å². The predicted molar refractivity (Wildman–Crippen MR) is 160 cm³/mol. The van der Waals surface area contributed by atoms with E-state index in [1.807, 2.05) is 22.7 Å². The molecule has 7 aromatic rings. The van der Waals surface area contributed by atoms with Gasteiger partial charge in [-0.15, -0.1) is 22.7 Å². The van der Waals surface area contributed by atoms with Crippen LogP contribution in [0.5, 0.6) is 11.5 Å². The summed E-state index contributed by atoms with van der Waals surface area (Å²) in [6.45, 7) is 0.197. The first kappa shape index (κ1) is 19.3. The van der Waals surface area contributed by atoms with Crippen LogP contribution >= 0.6 is 22.7 Å². The molecule has 37 heavy (non-hydrogen) atoms. The molecule has 3 aliphatic rings. The molecule has 172 valence electrons. The predicted octanol–water partition coefficient (Wildman–Crippen LogP) is 6.90. The van der Waals surface area contributed by atoms with Gasteiger partial charge in [0, 0.05) is 29.9 Å². The molecule has 0 N–H and O–H groups in total. The molecule has 0 fully saturated rings. The van der Waals surface area contributed by atoms with Crippen LogP contribution in [0.25, 0.3) is 73.7 Å². The van der Waals surface area contributed by atoms with Crippen molar-refractivity contribution in [3.8, 4) is 43.5 Å². The highest BCUT2D eigenvalue weighted by Crippen LogP contribution is 2.52. The van der Waals surface area contributed by atoms with Crippen LogP contribution in [-0.2, 0) is 0 Å². The number of hydrogen-bond donors (Lipinski definition) is 0. The van der Waals surface area contributed by atoms with Crippen molar-refractivity contribution in [1.82, 2.24) is 0 Å². The number of methoxy groups -OCH3 is 2. The normalized spacial score (nSPS) is 13.6. The molecule has 0 aliphatic carbocycles. The first-order valence-corrected chi connectivity index (χ1v) is 14.2. The Morgan fingerprint density at radius 3 is 1.54 bits per heavy atom. The van der Waals surface area contributed by atoms with Gasteiger partial charge in [-0.3, -0.25) is 0 Å². The summed E-state index contributed by atoms with van der Waals surface area (Å²) in [5.41, 5.74) is 9.83. The fourth-order valence-corrected chi connectivity index (χ4v) is 10.1. The SMILES string of the molecule is COc1ccc2c3c4c5c(ccc(OC)c5cc13)-c1sc3cccc5c3c1B4c1c-2sc2cccc-5c12. The van der Waals surface area contributed by atoms with Gasteiger partial charge in [0.1, 0.15) is 11.5 Å². The topological polar surface area (TPSA) is 18.5 Å². The van der Waals surface area contributed by atoms with Gasteiger partial charge < -0.3 is 9.47 Å². The lowest BCUT2D eigenvalue weighted by Crippen LogP contribution is -2.56. The molecule has 0 saturated heterocycles. The molecule has 5 heterocycles. The highest BCUT2D eigenvalue weighted by Gasteiger charge is 2.45. The molecule has 0 spiro atoms. The van der Waals surface area contributed by atoms with Crippen molar-refractivity contribution in [2.24, 2.45) is 0 Å². The molecule has 0 saturated carbocycles. The Morgan fingerprint density at radius 1 is 0.541 bits per heavy atom. The Labute approximate surface area is 220 Å². The van der Waals surface area contributed by atoms with Crippen LogP contribution in [-0.4, -0.2) is 20.9 Å². The van der Waals surface area contributed by atoms with E-state index in [1.54, 1.807) is 14.2 Å². The van der Waals surface area contributed by atoms with Crippen molar-refractivity contribution in [3.05, 3.63) is 66.7 Å². The smallest absolute Gasteiger partial charge is 0.248 e. The molecule has 0 amide bonds. The van der Waals surface area contributed by atoms with Crippen LogP contribution in [0.2, 0.25) is 0 Å². The Morgan fingerprint density at radius 2 is 1.05 bits per heavy atom. The van der Waals surface area contributed by atoms with Crippen LogP contribution < -0.4 is 25.9 Å². The first-order chi connectivity index (χ1) is 18.3. The summed E-state index contributed by atoms with van der Waals surface area (Å²) in [6.07, 6.45) is 0. The van der Waals surface area contributed by atoms with Crippen LogP contribution in [0.1, 0.15) is 0 Å². The molecular formula is C32H17BO2S2. The lowest BCUT2D eigenvalue weighted by Gasteiger charge is -2.32. The molecule has 2 aromatic heterocycles. The Kier molecular flexibility index (Phi) is 3.23. The minimum Gasteiger partial charge on any atom is -0.496 e. The Hall–Kier alpha value is -3.80. The summed E-state index contributed by atoms with van der Waals surface area (Å²) < 4.78 is 14.7. The third-order valence-electron chi connectivity index (χ3n) is 8.83. The lowest BCUT2D eigenvalue weighted by atomic mass is 9.32. The van der Waals surface area contributed by atoms with Gasteiger partial charge in [0.25, 0.3) is 0 Å². The average Bonchev–Trinajstić information content (AvgIpc) is 3.48. The fourth-order valence-electron chi connectivity index (χ4n) is 7.54. The molecule has 0 atom stereocenters. The summed E-state index contributed by atoms with van der Waals surface area (Å²) in [7, 11) is 3.56. The van der Waals surface area contributed by atoms with Crippen molar-refractivity contribution in [3.63, 3.8) is 0 Å². The molecule has 0 radical (unpaired) electrons. The number of benzene rings is 5. The second-order valence-corrected chi connectivity index (χ2v) is 12.4. The standard InChI is InChI=1S/C32H17BO2S2/c1-34-20-11-9-16-24-18(20)13-19-21(35-2)12-10-17-25(19)28(24)33-29-26-14(5-3-7-22(26)36-31(16)29)15-6-4-8-23-27(15)30(33)32(17)37-23/h3-13H,1-2H3. The van der Waals surface area contributed by atoms with Gasteiger partial charge in [-0.1, -0.05) is 29.7 Å². The van der Waals surface area contributed by atoms with E-state index < -0.39 is 0 Å². The Balaban J connectivity index is 1.60. The zero-order chi connectivity index (χ0) is 24.2. The van der Waals surface area contributed by atoms with E-state index in [0.717, 1.165) is 11.5 Å². The monoisotopic (exact) mass is 508 g/mol. The van der Waals surface area contributed by atoms with Crippen LogP contribution in [0.4, 0.5) is 0 Å². The second-order valence-electron chi connectivity index (χ2n) is 10.2. The maximum absolute atomic E-state index is 5.96. The van der Waals surface area contributed by atoms with Crippen LogP contribution in [0.15, 0.2) is 66.7 Å². The zero-order valence-corrected chi connectivity index (χ0v) is 21.7. The third kappa shape index (κ3) is 1.97. The molecular weight excluding hydrogens is 491 g/mol. The van der Waals surface area contributed by atoms with Gasteiger partial charge >= 0.3 is 0 Å². The zero-order valence-electron chi connectivity index (χ0n) is 20.1. The van der Waals surface area contributed by atoms with Crippen molar-refractivity contribution in [2.75, 3.05) is 14.2 Å². The van der Waals surface area contributed by atoms with Crippen molar-refractivity contribution >= 4 is 87.5 Å². The largest absolute Gasteiger partial charge is 0.496 e. The number of thiophene rings is 2. The number of fused-ring (bicyclic) bond motifs is 3. The van der Waals surface area contributed by atoms with Gasteiger partial charge in [0.15, 0.2) is 0 Å². The van der Waals surface area contributed by atoms with E-state index in [1.165, 1.54) is 90.1 Å². The maximum Gasteiger partial charge on any atom is 0.248 e. The van der Waals surface area contributed by atoms with Crippen LogP contribution in [0.3, 0.4) is 0 Å². The van der Waals surface area contributed by atoms with E-state index in [2.05, 4.69) is 66.7 Å². The van der Waals surface area contributed by atoms with Gasteiger partial charge in [-0.25, -0.2) is 0 Å². The average molecular weight is 508 g/mol. The van der Waals surface area contributed by atoms with E-state index in [4.69, 9.17) is 9.47 Å². The van der Waals surface area contributed by atoms with Crippen molar-refractivity contribution in [1.29, 1.82) is 0 Å². The van der Waals surface area contributed by atoms with Crippen molar-refractivity contribution in [2.45, 2.75) is 0 Å². The molecule has 2 nitrogen and oxygen atoms in total. The van der Waals surface area contributed by atoms with E-state index in [0.29, 0.717) is 0 Å². The third-order valence-corrected chi connectivity index (χ3v) is 11.2. The quantitative estimate of drug-likeness (QED) is 0.187. The first-order valence-electron chi connectivity index (χ1n) is 12.5. The second kappa shape index (κ2) is 6.19. The number of ether oxygens (including phenoxy) is 2. The highest BCUT2D eigenvalue weighted by atomic mass is 32.1. The van der Waals surface area contributed by atoms with Gasteiger partial charge in [-0.05, 0) is 97.2 Å². The minimum atomic E-state index is 0.197. The van der Waals surface area contributed by atoms with Crippen molar-refractivity contribution < 1.29 is 9.47 Å². The van der Waals surface area contributed by atoms with Gasteiger partial charge in [0.2, 0.25) is 6.71 Å². The van der Waals surface area contributed by atoms with Gasteiger partial charge in [0.05, 0.1) is 14.2 Å². The maximum atomic E-state index is 5.96. The number of rotatable bonds is 2. The minimum absolute atomic E-state index is 0.197. The fraction of sp³-hybridized carbons (Fsp3) is 0.0625. The Bertz CT molecular complexity index is 2080. The van der Waals surface area contributed by atoms with E-state index >= 15 is 0 Å². The summed E-state index contributed by atoms with van der Waals surface area (Å²) in [5.74, 6) is 1.84. The van der Waals surface area contributed by atoms with Crippen LogP contribution in [0, 0.1) is 0 Å². The number of hydrogen-bond acceptors (Lipinski definition) is 4. The molecule has 0 unspecified atom stereocenters. The summed E-state index contributed by atoms with van der Waals surface area (Å²) in [4.78, 5) is 2.83. The summed E-state index contributed by atoms with van der Waals surface area (Å²) in [6, 6.07) is 24.9. The molecule has 5 heteroatoms. The molecule has 5 aromatic carbocycles. The summed E-state index contributed by atoms with van der Waals surface area (Å²) in [5, 5.41) is 7.91.